The fraction of sp³-hybridized carbons (Fsp3) is 0.923. The molecule has 0 radical (unpaired) electrons. The zero-order valence-electron chi connectivity index (χ0n) is 11.3. The molecule has 18 heavy (non-hydrogen) atoms. The van der Waals surface area contributed by atoms with Crippen molar-refractivity contribution in [3.63, 3.8) is 0 Å². The average molecular weight is 255 g/mol. The van der Waals surface area contributed by atoms with E-state index in [9.17, 15) is 4.79 Å². The maximum Gasteiger partial charge on any atom is 0.251 e. The van der Waals surface area contributed by atoms with Crippen molar-refractivity contribution in [2.45, 2.75) is 31.8 Å². The van der Waals surface area contributed by atoms with Gasteiger partial charge in [-0.15, -0.1) is 0 Å². The van der Waals surface area contributed by atoms with Crippen molar-refractivity contribution in [1.29, 1.82) is 0 Å². The molecular formula is C13H25N3O2. The van der Waals surface area contributed by atoms with Crippen molar-refractivity contribution in [3.05, 3.63) is 0 Å². The van der Waals surface area contributed by atoms with Gasteiger partial charge in [-0.25, -0.2) is 0 Å². The lowest BCUT2D eigenvalue weighted by Crippen LogP contribution is -2.46. The molecule has 0 aromatic heterocycles. The molecule has 104 valence electrons. The Morgan fingerprint density at radius 3 is 2.89 bits per heavy atom. The third kappa shape index (κ3) is 3.67. The second-order valence-corrected chi connectivity index (χ2v) is 5.38. The predicted molar refractivity (Wildman–Crippen MR) is 70.5 cm³/mol. The molecule has 2 heterocycles. The van der Waals surface area contributed by atoms with Crippen molar-refractivity contribution in [3.8, 4) is 0 Å². The van der Waals surface area contributed by atoms with Gasteiger partial charge < -0.3 is 20.3 Å². The van der Waals surface area contributed by atoms with E-state index in [1.54, 1.807) is 0 Å². The highest BCUT2D eigenvalue weighted by atomic mass is 16.5. The summed E-state index contributed by atoms with van der Waals surface area (Å²) in [6.45, 7) is 8.83. The maximum atomic E-state index is 12.0. The highest BCUT2D eigenvalue weighted by Crippen LogP contribution is 2.24. The van der Waals surface area contributed by atoms with Crippen LogP contribution in [-0.2, 0) is 9.53 Å². The minimum atomic E-state index is -0.574. The number of rotatable bonds is 5. The van der Waals surface area contributed by atoms with E-state index in [-0.39, 0.29) is 5.91 Å². The van der Waals surface area contributed by atoms with Crippen LogP contribution in [0, 0.1) is 0 Å². The lowest BCUT2D eigenvalue weighted by Gasteiger charge is -2.27. The van der Waals surface area contributed by atoms with E-state index >= 15 is 0 Å². The minimum absolute atomic E-state index is 0.0558. The topological polar surface area (TPSA) is 53.6 Å². The molecule has 0 aliphatic carbocycles. The third-order valence-corrected chi connectivity index (χ3v) is 3.85. The summed E-state index contributed by atoms with van der Waals surface area (Å²) < 4.78 is 5.52. The zero-order chi connectivity index (χ0) is 12.8. The lowest BCUT2D eigenvalue weighted by molar-refractivity contribution is -0.139. The normalized spacial score (nSPS) is 29.4. The number of amides is 1. The molecule has 2 aliphatic heterocycles. The average Bonchev–Trinajstić information content (AvgIpc) is 2.84. The van der Waals surface area contributed by atoms with Gasteiger partial charge in [-0.2, -0.15) is 0 Å². The van der Waals surface area contributed by atoms with Gasteiger partial charge in [0.25, 0.3) is 5.91 Å². The van der Waals surface area contributed by atoms with Gasteiger partial charge in [0.2, 0.25) is 0 Å². The smallest absolute Gasteiger partial charge is 0.251 e. The minimum Gasteiger partial charge on any atom is -0.365 e. The van der Waals surface area contributed by atoms with Crippen LogP contribution in [0.5, 0.6) is 0 Å². The first-order valence-corrected chi connectivity index (χ1v) is 7.06. The summed E-state index contributed by atoms with van der Waals surface area (Å²) >= 11 is 0. The van der Waals surface area contributed by atoms with E-state index in [1.165, 1.54) is 0 Å². The van der Waals surface area contributed by atoms with Crippen LogP contribution >= 0.6 is 0 Å². The molecule has 0 bridgehead atoms. The quantitative estimate of drug-likeness (QED) is 0.677. The Morgan fingerprint density at radius 1 is 1.44 bits per heavy atom. The number of hydrogen-bond acceptors (Lipinski definition) is 4. The van der Waals surface area contributed by atoms with Gasteiger partial charge in [0.1, 0.15) is 5.60 Å². The molecule has 2 aliphatic rings. The van der Waals surface area contributed by atoms with E-state index in [0.29, 0.717) is 6.61 Å². The van der Waals surface area contributed by atoms with E-state index in [4.69, 9.17) is 4.74 Å². The van der Waals surface area contributed by atoms with Gasteiger partial charge in [-0.3, -0.25) is 4.79 Å². The Kier molecular flexibility index (Phi) is 4.97. The van der Waals surface area contributed by atoms with Crippen molar-refractivity contribution in [1.82, 2.24) is 15.5 Å². The van der Waals surface area contributed by atoms with E-state index in [1.807, 2.05) is 6.92 Å². The largest absolute Gasteiger partial charge is 0.365 e. The summed E-state index contributed by atoms with van der Waals surface area (Å²) in [5, 5.41) is 6.34. The van der Waals surface area contributed by atoms with Gasteiger partial charge in [-0.05, 0) is 32.7 Å². The van der Waals surface area contributed by atoms with Crippen molar-refractivity contribution in [2.75, 3.05) is 45.9 Å². The monoisotopic (exact) mass is 255 g/mol. The number of nitrogens with zero attached hydrogens (tertiary/aromatic N) is 1. The van der Waals surface area contributed by atoms with E-state index in [2.05, 4.69) is 15.5 Å². The molecule has 1 amide bonds. The van der Waals surface area contributed by atoms with Crippen LogP contribution in [0.2, 0.25) is 0 Å². The molecule has 0 saturated carbocycles. The molecule has 2 rings (SSSR count). The highest BCUT2D eigenvalue weighted by Gasteiger charge is 2.37. The van der Waals surface area contributed by atoms with E-state index < -0.39 is 5.60 Å². The Hall–Kier alpha value is -0.650. The number of nitrogens with one attached hydrogen (secondary N) is 2. The summed E-state index contributed by atoms with van der Waals surface area (Å²) in [6.07, 6.45) is 2.85. The number of ether oxygens (including phenoxy) is 1. The Bertz CT molecular complexity index is 271. The zero-order valence-corrected chi connectivity index (χ0v) is 11.3. The standard InChI is InChI=1S/C13H25N3O2/c1-13(4-2-11-18-13)12(17)15-5-3-8-16-9-6-14-7-10-16/h14H,2-11H2,1H3,(H,15,17). The predicted octanol–water partition coefficient (Wildman–Crippen LogP) is -0.0330. The van der Waals surface area contributed by atoms with Gasteiger partial charge in [-0.1, -0.05) is 0 Å². The second-order valence-electron chi connectivity index (χ2n) is 5.38. The molecule has 1 atom stereocenters. The first kappa shape index (κ1) is 13.8. The van der Waals surface area contributed by atoms with E-state index in [0.717, 1.165) is 58.5 Å². The van der Waals surface area contributed by atoms with Crippen LogP contribution in [0.4, 0.5) is 0 Å². The fourth-order valence-electron chi connectivity index (χ4n) is 2.58. The van der Waals surface area contributed by atoms with Crippen LogP contribution < -0.4 is 10.6 Å². The van der Waals surface area contributed by atoms with Gasteiger partial charge >= 0.3 is 0 Å². The highest BCUT2D eigenvalue weighted by molar-refractivity contribution is 5.84. The van der Waals surface area contributed by atoms with Crippen LogP contribution in [0.1, 0.15) is 26.2 Å². The summed E-state index contributed by atoms with van der Waals surface area (Å²) in [6, 6.07) is 0. The van der Waals surface area contributed by atoms with Crippen LogP contribution in [0.3, 0.4) is 0 Å². The fourth-order valence-corrected chi connectivity index (χ4v) is 2.58. The molecule has 2 fully saturated rings. The first-order valence-electron chi connectivity index (χ1n) is 7.06. The molecule has 0 aromatic carbocycles. The number of piperazine rings is 1. The lowest BCUT2D eigenvalue weighted by atomic mass is 10.0. The number of carbonyl (C=O) groups excluding carboxylic acids is 1. The number of hydrogen-bond donors (Lipinski definition) is 2. The van der Waals surface area contributed by atoms with Crippen LogP contribution in [-0.4, -0.2) is 62.3 Å². The molecular weight excluding hydrogens is 230 g/mol. The van der Waals surface area contributed by atoms with Gasteiger partial charge in [0, 0.05) is 39.3 Å². The molecule has 5 nitrogen and oxygen atoms in total. The van der Waals surface area contributed by atoms with Crippen LogP contribution in [0.25, 0.3) is 0 Å². The molecule has 2 saturated heterocycles. The molecule has 0 spiro atoms. The second kappa shape index (κ2) is 6.50. The summed E-state index contributed by atoms with van der Waals surface area (Å²) in [7, 11) is 0. The summed E-state index contributed by atoms with van der Waals surface area (Å²) in [5.41, 5.74) is -0.574. The third-order valence-electron chi connectivity index (χ3n) is 3.85. The Morgan fingerprint density at radius 2 is 2.22 bits per heavy atom. The van der Waals surface area contributed by atoms with Crippen LogP contribution in [0.15, 0.2) is 0 Å². The van der Waals surface area contributed by atoms with Crippen molar-refractivity contribution >= 4 is 5.91 Å². The molecule has 1 unspecified atom stereocenters. The van der Waals surface area contributed by atoms with Gasteiger partial charge in [0.15, 0.2) is 0 Å². The molecule has 0 aromatic rings. The Balaban J connectivity index is 1.58. The first-order chi connectivity index (χ1) is 8.71. The Labute approximate surface area is 109 Å². The SMILES string of the molecule is CC1(C(=O)NCCCN2CCNCC2)CCCO1. The number of carbonyl (C=O) groups is 1. The maximum absolute atomic E-state index is 12.0. The molecule has 2 N–H and O–H groups in total. The van der Waals surface area contributed by atoms with Gasteiger partial charge in [0.05, 0.1) is 0 Å². The van der Waals surface area contributed by atoms with Crippen molar-refractivity contribution < 1.29 is 9.53 Å². The molecule has 5 heteroatoms. The van der Waals surface area contributed by atoms with Crippen molar-refractivity contribution in [2.24, 2.45) is 0 Å². The summed E-state index contributed by atoms with van der Waals surface area (Å²) in [4.78, 5) is 14.4. The summed E-state index contributed by atoms with van der Waals surface area (Å²) in [5.74, 6) is 0.0558.